The maximum absolute atomic E-state index is 5.53. The highest BCUT2D eigenvalue weighted by molar-refractivity contribution is 5.79. The number of hydrogen-bond acceptors (Lipinski definition) is 5. The average molecular weight is 409 g/mol. The molecule has 0 saturated carbocycles. The molecule has 1 aromatic rings. The van der Waals surface area contributed by atoms with Gasteiger partial charge in [0.05, 0.1) is 26.0 Å². The number of nitrogens with one attached hydrogen (secondary N) is 2. The molecule has 2 N–H and O–H groups in total. The minimum Gasteiger partial charge on any atom is -0.469 e. The van der Waals surface area contributed by atoms with Gasteiger partial charge in [-0.05, 0) is 37.8 Å². The summed E-state index contributed by atoms with van der Waals surface area (Å²) in [5, 5.41) is 6.91. The minimum atomic E-state index is 0.450. The highest BCUT2D eigenvalue weighted by Gasteiger charge is 2.21. The van der Waals surface area contributed by atoms with Gasteiger partial charge >= 0.3 is 0 Å². The number of furan rings is 1. The third kappa shape index (κ3) is 10.1. The van der Waals surface area contributed by atoms with Crippen LogP contribution >= 0.6 is 0 Å². The summed E-state index contributed by atoms with van der Waals surface area (Å²) in [5.74, 6) is 2.50. The fraction of sp³-hybridized carbons (Fsp3) is 0.773. The Bertz CT molecular complexity index is 542. The van der Waals surface area contributed by atoms with E-state index in [0.717, 1.165) is 90.1 Å². The number of hydrogen-bond donors (Lipinski definition) is 2. The van der Waals surface area contributed by atoms with Gasteiger partial charge < -0.3 is 24.5 Å². The molecule has 0 spiro atoms. The number of guanidine groups is 1. The summed E-state index contributed by atoms with van der Waals surface area (Å²) >= 11 is 0. The summed E-state index contributed by atoms with van der Waals surface area (Å²) in [7, 11) is 0. The van der Waals surface area contributed by atoms with Crippen LogP contribution < -0.4 is 10.6 Å². The zero-order valence-electron chi connectivity index (χ0n) is 18.5. The highest BCUT2D eigenvalue weighted by Crippen LogP contribution is 2.14. The molecule has 2 heterocycles. The molecule has 1 aliphatic rings. The van der Waals surface area contributed by atoms with Crippen LogP contribution in [-0.4, -0.2) is 76.1 Å². The van der Waals surface area contributed by atoms with Crippen molar-refractivity contribution >= 4 is 5.96 Å². The molecular formula is C22H40N4O3. The lowest BCUT2D eigenvalue weighted by Crippen LogP contribution is -2.46. The van der Waals surface area contributed by atoms with Crippen LogP contribution in [0.1, 0.15) is 39.4 Å². The van der Waals surface area contributed by atoms with E-state index in [2.05, 4.69) is 29.4 Å². The monoisotopic (exact) mass is 408 g/mol. The first-order valence-corrected chi connectivity index (χ1v) is 11.1. The van der Waals surface area contributed by atoms with E-state index < -0.39 is 0 Å². The Hall–Kier alpha value is -1.57. The predicted molar refractivity (Wildman–Crippen MR) is 117 cm³/mol. The van der Waals surface area contributed by atoms with E-state index >= 15 is 0 Å². The number of morpholine rings is 1. The van der Waals surface area contributed by atoms with Crippen LogP contribution in [0.25, 0.3) is 0 Å². The van der Waals surface area contributed by atoms with Crippen molar-refractivity contribution in [1.29, 1.82) is 0 Å². The topological polar surface area (TPSA) is 71.3 Å². The van der Waals surface area contributed by atoms with Crippen LogP contribution in [0.15, 0.2) is 27.8 Å². The first-order chi connectivity index (χ1) is 14.2. The Morgan fingerprint density at radius 3 is 2.72 bits per heavy atom. The molecule has 0 radical (unpaired) electrons. The number of ether oxygens (including phenoxy) is 2. The van der Waals surface area contributed by atoms with Crippen LogP contribution in [0.3, 0.4) is 0 Å². The van der Waals surface area contributed by atoms with Gasteiger partial charge in [-0.2, -0.15) is 0 Å². The van der Waals surface area contributed by atoms with Crippen molar-refractivity contribution in [2.24, 2.45) is 10.9 Å². The smallest absolute Gasteiger partial charge is 0.191 e. The van der Waals surface area contributed by atoms with Gasteiger partial charge in [-0.15, -0.1) is 0 Å². The highest BCUT2D eigenvalue weighted by atomic mass is 16.5. The van der Waals surface area contributed by atoms with Crippen molar-refractivity contribution in [3.63, 3.8) is 0 Å². The molecule has 7 nitrogen and oxygen atoms in total. The molecule has 0 bridgehead atoms. The van der Waals surface area contributed by atoms with Gasteiger partial charge in [0.2, 0.25) is 0 Å². The standard InChI is InChI=1S/C22H40N4O3/c1-4-27-13-6-9-23-22(24-10-8-21-7-5-14-29-21)25-18-20(17-19(2)3)26-11-15-28-16-12-26/h5,7,14,19-20H,4,6,8-13,15-18H2,1-3H3,(H2,23,24,25). The van der Waals surface area contributed by atoms with Crippen molar-refractivity contribution < 1.29 is 13.9 Å². The Kier molecular flexibility index (Phi) is 11.8. The molecule has 1 saturated heterocycles. The fourth-order valence-corrected chi connectivity index (χ4v) is 3.48. The molecule has 0 aromatic carbocycles. The summed E-state index contributed by atoms with van der Waals surface area (Å²) in [5.41, 5.74) is 0. The fourth-order valence-electron chi connectivity index (χ4n) is 3.48. The maximum atomic E-state index is 5.53. The Morgan fingerprint density at radius 2 is 2.03 bits per heavy atom. The lowest BCUT2D eigenvalue weighted by Gasteiger charge is -2.34. The predicted octanol–water partition coefficient (Wildman–Crippen LogP) is 2.53. The molecule has 1 fully saturated rings. The second kappa shape index (κ2) is 14.4. The zero-order chi connectivity index (χ0) is 20.7. The second-order valence-electron chi connectivity index (χ2n) is 7.85. The second-order valence-corrected chi connectivity index (χ2v) is 7.85. The largest absolute Gasteiger partial charge is 0.469 e. The Labute approximate surface area is 176 Å². The molecule has 0 aliphatic carbocycles. The molecule has 1 unspecified atom stereocenters. The molecule has 29 heavy (non-hydrogen) atoms. The SMILES string of the molecule is CCOCCCNC(=NCC(CC(C)C)N1CCOCC1)NCCc1ccco1. The van der Waals surface area contributed by atoms with E-state index in [4.69, 9.17) is 18.9 Å². The van der Waals surface area contributed by atoms with Crippen LogP contribution in [0.5, 0.6) is 0 Å². The molecule has 2 rings (SSSR count). The van der Waals surface area contributed by atoms with Crippen LogP contribution in [0.4, 0.5) is 0 Å². The molecule has 166 valence electrons. The van der Waals surface area contributed by atoms with E-state index in [1.54, 1.807) is 6.26 Å². The Balaban J connectivity index is 1.89. The van der Waals surface area contributed by atoms with E-state index in [9.17, 15) is 0 Å². The number of aliphatic imine (C=N–C) groups is 1. The molecule has 0 amide bonds. The normalized spacial score (nSPS) is 16.9. The molecular weight excluding hydrogens is 368 g/mol. The van der Waals surface area contributed by atoms with Gasteiger partial charge in [0.25, 0.3) is 0 Å². The first-order valence-electron chi connectivity index (χ1n) is 11.1. The number of rotatable bonds is 13. The molecule has 1 aromatic heterocycles. The minimum absolute atomic E-state index is 0.450. The molecule has 1 aliphatic heterocycles. The maximum Gasteiger partial charge on any atom is 0.191 e. The summed E-state index contributed by atoms with van der Waals surface area (Å²) < 4.78 is 16.4. The summed E-state index contributed by atoms with van der Waals surface area (Å²) in [6.45, 7) is 14.2. The van der Waals surface area contributed by atoms with Crippen molar-refractivity contribution in [3.8, 4) is 0 Å². The van der Waals surface area contributed by atoms with E-state index in [1.165, 1.54) is 0 Å². The van der Waals surface area contributed by atoms with Crippen molar-refractivity contribution in [1.82, 2.24) is 15.5 Å². The average Bonchev–Trinajstić information content (AvgIpc) is 3.24. The third-order valence-electron chi connectivity index (χ3n) is 4.97. The van der Waals surface area contributed by atoms with Gasteiger partial charge in [0.15, 0.2) is 5.96 Å². The zero-order valence-corrected chi connectivity index (χ0v) is 18.5. The summed E-state index contributed by atoms with van der Waals surface area (Å²) in [6.07, 6.45) is 4.67. The van der Waals surface area contributed by atoms with Gasteiger partial charge in [-0.1, -0.05) is 13.8 Å². The summed E-state index contributed by atoms with van der Waals surface area (Å²) in [4.78, 5) is 7.46. The lowest BCUT2D eigenvalue weighted by molar-refractivity contribution is 0.0143. The van der Waals surface area contributed by atoms with Gasteiger partial charge in [0.1, 0.15) is 5.76 Å². The van der Waals surface area contributed by atoms with Crippen LogP contribution in [0.2, 0.25) is 0 Å². The van der Waals surface area contributed by atoms with Crippen molar-refractivity contribution in [2.75, 3.05) is 59.2 Å². The van der Waals surface area contributed by atoms with Gasteiger partial charge in [-0.25, -0.2) is 0 Å². The lowest BCUT2D eigenvalue weighted by atomic mass is 10.0. The van der Waals surface area contributed by atoms with E-state index in [0.29, 0.717) is 12.0 Å². The van der Waals surface area contributed by atoms with E-state index in [-0.39, 0.29) is 0 Å². The molecule has 7 heteroatoms. The van der Waals surface area contributed by atoms with Crippen molar-refractivity contribution in [2.45, 2.75) is 46.1 Å². The van der Waals surface area contributed by atoms with Gasteiger partial charge in [0, 0.05) is 51.9 Å². The number of nitrogens with zero attached hydrogens (tertiary/aromatic N) is 2. The van der Waals surface area contributed by atoms with Crippen molar-refractivity contribution in [3.05, 3.63) is 24.2 Å². The first kappa shape index (κ1) is 23.7. The molecule has 1 atom stereocenters. The Morgan fingerprint density at radius 1 is 1.24 bits per heavy atom. The van der Waals surface area contributed by atoms with Crippen LogP contribution in [0, 0.1) is 5.92 Å². The van der Waals surface area contributed by atoms with E-state index in [1.807, 2.05) is 19.1 Å². The third-order valence-corrected chi connectivity index (χ3v) is 4.97. The summed E-state index contributed by atoms with van der Waals surface area (Å²) in [6, 6.07) is 4.38. The quantitative estimate of drug-likeness (QED) is 0.297. The van der Waals surface area contributed by atoms with Crippen LogP contribution in [-0.2, 0) is 15.9 Å². The van der Waals surface area contributed by atoms with Gasteiger partial charge in [-0.3, -0.25) is 9.89 Å².